The fourth-order valence-electron chi connectivity index (χ4n) is 2.72. The molecule has 0 spiro atoms. The lowest BCUT2D eigenvalue weighted by atomic mass is 10.2. The third-order valence-electron chi connectivity index (χ3n) is 3.84. The molecule has 2 aromatic rings. The minimum atomic E-state index is -3.63. The number of para-hydroxylation sites is 1. The molecule has 136 valence electrons. The highest BCUT2D eigenvalue weighted by Crippen LogP contribution is 2.47. The summed E-state index contributed by atoms with van der Waals surface area (Å²) < 4.78 is 40.7. The molecule has 1 atom stereocenters. The molecule has 0 aromatic heterocycles. The maximum Gasteiger partial charge on any atom is 0.252 e. The molecule has 2 aromatic carbocycles. The summed E-state index contributed by atoms with van der Waals surface area (Å²) in [7, 11) is -1.78. The van der Waals surface area contributed by atoms with E-state index in [0.29, 0.717) is 17.8 Å². The summed E-state index contributed by atoms with van der Waals surface area (Å²) in [6, 6.07) is 13.1. The van der Waals surface area contributed by atoms with Crippen molar-refractivity contribution in [3.05, 3.63) is 54.3 Å². The summed E-state index contributed by atoms with van der Waals surface area (Å²) in [5.74, 6) is -0.454. The van der Waals surface area contributed by atoms with Gasteiger partial charge in [-0.2, -0.15) is 0 Å². The predicted molar refractivity (Wildman–Crippen MR) is 104 cm³/mol. The van der Waals surface area contributed by atoms with Crippen LogP contribution in [0.2, 0.25) is 0 Å². The monoisotopic (exact) mass is 402 g/mol. The molecule has 0 saturated heterocycles. The van der Waals surface area contributed by atoms with E-state index in [1.807, 2.05) is 19.2 Å². The number of nitrogens with one attached hydrogen (secondary N) is 1. The highest BCUT2D eigenvalue weighted by Gasteiger charge is 2.39. The van der Waals surface area contributed by atoms with Crippen molar-refractivity contribution in [3.8, 4) is 0 Å². The van der Waals surface area contributed by atoms with Crippen LogP contribution in [0.25, 0.3) is 0 Å². The summed E-state index contributed by atoms with van der Waals surface area (Å²) in [5, 5.41) is 3.04. The number of anilines is 2. The number of thioether (sulfide) groups is 1. The van der Waals surface area contributed by atoms with Gasteiger partial charge in [0.05, 0.1) is 11.4 Å². The number of fused-ring (bicyclic) bond motifs is 1. The molecule has 0 bridgehead atoms. The fraction of sp³-hybridized carbons (Fsp3) is 0.294. The number of halogens is 2. The first-order chi connectivity index (χ1) is 11.5. The number of benzene rings is 2. The van der Waals surface area contributed by atoms with E-state index in [0.717, 1.165) is 17.9 Å². The normalized spacial score (nSPS) is 18.3. The molecule has 0 amide bonds. The second-order valence-corrected chi connectivity index (χ2v) is 9.06. The average Bonchev–Trinajstić information content (AvgIpc) is 2.55. The topological polar surface area (TPSA) is 49.4 Å². The molecule has 1 N–H and O–H groups in total. The Morgan fingerprint density at radius 1 is 1.20 bits per heavy atom. The van der Waals surface area contributed by atoms with Crippen molar-refractivity contribution in [1.82, 2.24) is 5.32 Å². The van der Waals surface area contributed by atoms with Gasteiger partial charge in [0.15, 0.2) is 0 Å². The Kier molecular flexibility index (Phi) is 6.73. The van der Waals surface area contributed by atoms with Crippen LogP contribution in [0.15, 0.2) is 53.4 Å². The summed E-state index contributed by atoms with van der Waals surface area (Å²) in [4.78, 5) is 0.894. The Hall–Kier alpha value is -1.28. The zero-order valence-corrected chi connectivity index (χ0v) is 16.1. The van der Waals surface area contributed by atoms with Gasteiger partial charge < -0.3 is 5.32 Å². The highest BCUT2D eigenvalue weighted by molar-refractivity contribution is 8.14. The summed E-state index contributed by atoms with van der Waals surface area (Å²) >= 11 is 1.37. The number of hydrogen-bond acceptors (Lipinski definition) is 4. The van der Waals surface area contributed by atoms with Crippen molar-refractivity contribution in [3.63, 3.8) is 0 Å². The van der Waals surface area contributed by atoms with Crippen LogP contribution in [-0.2, 0) is 10.0 Å². The van der Waals surface area contributed by atoms with E-state index in [4.69, 9.17) is 0 Å². The molecule has 1 aliphatic rings. The van der Waals surface area contributed by atoms with E-state index in [1.54, 1.807) is 18.2 Å². The molecule has 0 radical (unpaired) electrons. The van der Waals surface area contributed by atoms with Gasteiger partial charge in [-0.15, -0.1) is 24.2 Å². The van der Waals surface area contributed by atoms with Gasteiger partial charge in [-0.3, -0.25) is 0 Å². The van der Waals surface area contributed by atoms with Crippen LogP contribution in [0.5, 0.6) is 0 Å². The van der Waals surface area contributed by atoms with E-state index in [2.05, 4.69) is 5.32 Å². The summed E-state index contributed by atoms with van der Waals surface area (Å²) in [6.45, 7) is 0.758. The first-order valence-electron chi connectivity index (χ1n) is 7.74. The maximum absolute atomic E-state index is 13.7. The lowest BCUT2D eigenvalue weighted by Crippen LogP contribution is -2.37. The Morgan fingerprint density at radius 3 is 2.68 bits per heavy atom. The maximum atomic E-state index is 13.7. The molecule has 0 aliphatic carbocycles. The van der Waals surface area contributed by atoms with Gasteiger partial charge in [0.1, 0.15) is 10.4 Å². The van der Waals surface area contributed by atoms with Crippen LogP contribution in [-0.4, -0.2) is 26.6 Å². The van der Waals surface area contributed by atoms with Crippen LogP contribution < -0.4 is 9.62 Å². The predicted octanol–water partition coefficient (Wildman–Crippen LogP) is 4.15. The molecule has 25 heavy (non-hydrogen) atoms. The zero-order valence-electron chi connectivity index (χ0n) is 13.7. The van der Waals surface area contributed by atoms with Gasteiger partial charge in [0, 0.05) is 4.90 Å². The Morgan fingerprint density at radius 2 is 1.96 bits per heavy atom. The van der Waals surface area contributed by atoms with Crippen molar-refractivity contribution in [2.24, 2.45) is 0 Å². The van der Waals surface area contributed by atoms with Gasteiger partial charge in [-0.25, -0.2) is 17.1 Å². The fourth-order valence-corrected chi connectivity index (χ4v) is 6.38. The quantitative estimate of drug-likeness (QED) is 0.763. The molecular formula is C17H20ClFN2O2S2. The lowest BCUT2D eigenvalue weighted by molar-refractivity contribution is 0.584. The zero-order chi connectivity index (χ0) is 17.2. The van der Waals surface area contributed by atoms with Gasteiger partial charge >= 0.3 is 0 Å². The van der Waals surface area contributed by atoms with Crippen LogP contribution in [0.1, 0.15) is 12.8 Å². The third-order valence-corrected chi connectivity index (χ3v) is 7.77. The van der Waals surface area contributed by atoms with Gasteiger partial charge in [0.25, 0.3) is 10.0 Å². The molecule has 8 heteroatoms. The highest BCUT2D eigenvalue weighted by atomic mass is 35.5. The Labute approximate surface area is 158 Å². The van der Waals surface area contributed by atoms with Crippen molar-refractivity contribution in [2.45, 2.75) is 22.3 Å². The molecule has 3 rings (SSSR count). The van der Waals surface area contributed by atoms with Crippen molar-refractivity contribution < 1.29 is 12.8 Å². The number of sulfonamides is 1. The smallest absolute Gasteiger partial charge is 0.252 e. The van der Waals surface area contributed by atoms with Gasteiger partial charge in [-0.05, 0) is 56.8 Å². The first kappa shape index (κ1) is 20.0. The Balaban J connectivity index is 0.00000225. The van der Waals surface area contributed by atoms with Gasteiger partial charge in [-0.1, -0.05) is 18.2 Å². The van der Waals surface area contributed by atoms with Gasteiger partial charge in [0.2, 0.25) is 0 Å². The van der Waals surface area contributed by atoms with Crippen LogP contribution in [0.4, 0.5) is 15.8 Å². The van der Waals surface area contributed by atoms with E-state index in [-0.39, 0.29) is 12.4 Å². The molecule has 1 unspecified atom stereocenters. The Bertz CT molecular complexity index is 833. The molecule has 0 fully saturated rings. The molecule has 0 saturated carbocycles. The van der Waals surface area contributed by atoms with Crippen molar-refractivity contribution >= 4 is 45.6 Å². The van der Waals surface area contributed by atoms with Crippen LogP contribution >= 0.6 is 24.2 Å². The summed E-state index contributed by atoms with van der Waals surface area (Å²) in [6.07, 6.45) is 1.29. The number of nitrogens with zero attached hydrogens (tertiary/aromatic N) is 1. The minimum Gasteiger partial charge on any atom is -0.320 e. The summed E-state index contributed by atoms with van der Waals surface area (Å²) in [5.41, 5.74) is 0.916. The first-order valence-corrected chi connectivity index (χ1v) is 10.1. The largest absolute Gasteiger partial charge is 0.320 e. The molecule has 1 heterocycles. The molecular weight excluding hydrogens is 383 g/mol. The number of hydrogen-bond donors (Lipinski definition) is 1. The van der Waals surface area contributed by atoms with Crippen LogP contribution in [0, 0.1) is 5.82 Å². The minimum absolute atomic E-state index is 0. The molecule has 4 nitrogen and oxygen atoms in total. The SMILES string of the molecule is CNCCCC1Sc2ccccc2N(c2cccc(F)c2)S1(=O)=O.Cl. The number of rotatable bonds is 5. The van der Waals surface area contributed by atoms with Crippen molar-refractivity contribution in [2.75, 3.05) is 17.9 Å². The van der Waals surface area contributed by atoms with Crippen molar-refractivity contribution in [1.29, 1.82) is 0 Å². The van der Waals surface area contributed by atoms with E-state index < -0.39 is 20.4 Å². The van der Waals surface area contributed by atoms with E-state index in [1.165, 1.54) is 34.3 Å². The van der Waals surface area contributed by atoms with Crippen LogP contribution in [0.3, 0.4) is 0 Å². The van der Waals surface area contributed by atoms with E-state index >= 15 is 0 Å². The lowest BCUT2D eigenvalue weighted by Gasteiger charge is -2.35. The average molecular weight is 403 g/mol. The second kappa shape index (κ2) is 8.40. The molecule has 1 aliphatic heterocycles. The third kappa shape index (κ3) is 4.11. The van der Waals surface area contributed by atoms with E-state index in [9.17, 15) is 12.8 Å². The standard InChI is InChI=1S/C17H19FN2O2S2.ClH/c1-19-11-5-10-17-23-16-9-3-2-8-15(16)20(24(17,21)22)14-7-4-6-13(18)12-14;/h2-4,6-9,12,17,19H,5,10-11H2,1H3;1H. The second-order valence-electron chi connectivity index (χ2n) is 5.55.